The summed E-state index contributed by atoms with van der Waals surface area (Å²) in [5.41, 5.74) is -0.164. The van der Waals surface area contributed by atoms with Gasteiger partial charge in [-0.3, -0.25) is 0 Å². The van der Waals surface area contributed by atoms with Gasteiger partial charge in [0.15, 0.2) is 5.75 Å². The molecule has 0 aliphatic heterocycles. The fourth-order valence-electron chi connectivity index (χ4n) is 1.67. The van der Waals surface area contributed by atoms with Gasteiger partial charge in [0, 0.05) is 0 Å². The number of hydrogen-bond acceptors (Lipinski definition) is 5. The summed E-state index contributed by atoms with van der Waals surface area (Å²) in [5, 5.41) is 1.28. The lowest BCUT2D eigenvalue weighted by molar-refractivity contribution is 0.0599. The van der Waals surface area contributed by atoms with Crippen molar-refractivity contribution in [3.8, 4) is 5.75 Å². The van der Waals surface area contributed by atoms with Gasteiger partial charge in [-0.15, -0.1) is 0 Å². The van der Waals surface area contributed by atoms with Crippen LogP contribution in [0, 0.1) is 0 Å². The normalized spacial score (nSPS) is 11.3. The number of carbonyl (C=O) groups excluding carboxylic acids is 1. The molecule has 0 amide bonds. The van der Waals surface area contributed by atoms with Gasteiger partial charge in [0.1, 0.15) is 5.56 Å². The molecule has 0 saturated heterocycles. The molecular weight excluding hydrogens is 275 g/mol. The van der Waals surface area contributed by atoms with Crippen molar-refractivity contribution in [1.82, 2.24) is 0 Å². The SMILES string of the molecule is COC(=O)c1cc2ccccc2cc1OS(=O)(=O)F. The van der Waals surface area contributed by atoms with E-state index >= 15 is 0 Å². The van der Waals surface area contributed by atoms with E-state index in [9.17, 15) is 17.1 Å². The molecule has 2 aromatic carbocycles. The van der Waals surface area contributed by atoms with Crippen LogP contribution in [-0.2, 0) is 15.2 Å². The van der Waals surface area contributed by atoms with Crippen molar-refractivity contribution < 1.29 is 26.0 Å². The van der Waals surface area contributed by atoms with Gasteiger partial charge in [0.05, 0.1) is 7.11 Å². The molecule has 0 atom stereocenters. The summed E-state index contributed by atoms with van der Waals surface area (Å²) in [6, 6.07) is 9.49. The standard InChI is InChI=1S/C12H9FO5S/c1-17-12(14)10-6-8-4-2-3-5-9(8)7-11(10)18-19(13,15)16/h2-7H,1H3. The largest absolute Gasteiger partial charge is 0.488 e. The Bertz CT molecular complexity index is 739. The highest BCUT2D eigenvalue weighted by Gasteiger charge is 2.19. The van der Waals surface area contributed by atoms with Gasteiger partial charge in [0.2, 0.25) is 0 Å². The summed E-state index contributed by atoms with van der Waals surface area (Å²) >= 11 is 0. The van der Waals surface area contributed by atoms with Crippen molar-refractivity contribution in [1.29, 1.82) is 0 Å². The van der Waals surface area contributed by atoms with Crippen LogP contribution in [0.1, 0.15) is 10.4 Å². The van der Waals surface area contributed by atoms with Gasteiger partial charge in [-0.25, -0.2) is 4.79 Å². The van der Waals surface area contributed by atoms with E-state index in [4.69, 9.17) is 0 Å². The number of fused-ring (bicyclic) bond motifs is 1. The van der Waals surface area contributed by atoms with Crippen LogP contribution < -0.4 is 4.18 Å². The van der Waals surface area contributed by atoms with Crippen molar-refractivity contribution in [2.24, 2.45) is 0 Å². The first-order chi connectivity index (χ1) is 8.90. The van der Waals surface area contributed by atoms with Crippen molar-refractivity contribution >= 4 is 27.2 Å². The Morgan fingerprint density at radius 1 is 1.16 bits per heavy atom. The molecular formula is C12H9FO5S. The number of halogens is 1. The molecule has 0 aromatic heterocycles. The molecule has 0 radical (unpaired) electrons. The molecule has 0 N–H and O–H groups in total. The molecule has 5 nitrogen and oxygen atoms in total. The van der Waals surface area contributed by atoms with Gasteiger partial charge in [0.25, 0.3) is 0 Å². The highest BCUT2D eigenvalue weighted by molar-refractivity contribution is 7.81. The number of esters is 1. The third kappa shape index (κ3) is 3.00. The number of ether oxygens (including phenoxy) is 1. The molecule has 0 unspecified atom stereocenters. The van der Waals surface area contributed by atoms with E-state index in [-0.39, 0.29) is 5.56 Å². The van der Waals surface area contributed by atoms with Crippen LogP contribution in [-0.4, -0.2) is 21.5 Å². The molecule has 0 saturated carbocycles. The Kier molecular flexibility index (Phi) is 3.39. The Morgan fingerprint density at radius 3 is 2.26 bits per heavy atom. The van der Waals surface area contributed by atoms with E-state index in [2.05, 4.69) is 8.92 Å². The zero-order chi connectivity index (χ0) is 14.0. The highest BCUT2D eigenvalue weighted by Crippen LogP contribution is 2.28. The smallest absolute Gasteiger partial charge is 0.465 e. The quantitative estimate of drug-likeness (QED) is 0.638. The van der Waals surface area contributed by atoms with Crippen molar-refractivity contribution in [2.75, 3.05) is 7.11 Å². The Morgan fingerprint density at radius 2 is 1.74 bits per heavy atom. The lowest BCUT2D eigenvalue weighted by Crippen LogP contribution is -2.08. The van der Waals surface area contributed by atoms with E-state index in [1.54, 1.807) is 24.3 Å². The van der Waals surface area contributed by atoms with Crippen molar-refractivity contribution in [3.63, 3.8) is 0 Å². The molecule has 0 fully saturated rings. The molecule has 0 aliphatic rings. The molecule has 2 rings (SSSR count). The van der Waals surface area contributed by atoms with Crippen LogP contribution in [0.3, 0.4) is 0 Å². The predicted octanol–water partition coefficient (Wildman–Crippen LogP) is 2.22. The third-order valence-corrected chi connectivity index (χ3v) is 2.82. The first-order valence-corrected chi connectivity index (χ1v) is 6.47. The summed E-state index contributed by atoms with van der Waals surface area (Å²) in [4.78, 5) is 11.5. The number of hydrogen-bond donors (Lipinski definition) is 0. The Balaban J connectivity index is 2.67. The number of methoxy groups -OCH3 is 1. The van der Waals surface area contributed by atoms with Crippen LogP contribution in [0.15, 0.2) is 36.4 Å². The average Bonchev–Trinajstić information content (AvgIpc) is 2.35. The first kappa shape index (κ1) is 13.3. The minimum atomic E-state index is -5.22. The number of rotatable bonds is 3. The van der Waals surface area contributed by atoms with E-state index in [1.165, 1.54) is 12.1 Å². The number of benzene rings is 2. The minimum absolute atomic E-state index is 0.164. The summed E-state index contributed by atoms with van der Waals surface area (Å²) in [7, 11) is -4.09. The summed E-state index contributed by atoms with van der Waals surface area (Å²) in [6.07, 6.45) is 0. The fourth-order valence-corrected chi connectivity index (χ4v) is 2.02. The minimum Gasteiger partial charge on any atom is -0.465 e. The van der Waals surface area contributed by atoms with Gasteiger partial charge in [-0.1, -0.05) is 28.2 Å². The van der Waals surface area contributed by atoms with Crippen molar-refractivity contribution in [3.05, 3.63) is 42.0 Å². The van der Waals surface area contributed by atoms with Gasteiger partial charge in [-0.05, 0) is 22.9 Å². The predicted molar refractivity (Wildman–Crippen MR) is 65.9 cm³/mol. The van der Waals surface area contributed by atoms with Crippen LogP contribution in [0.4, 0.5) is 3.89 Å². The molecule has 100 valence electrons. The third-order valence-electron chi connectivity index (χ3n) is 2.44. The zero-order valence-electron chi connectivity index (χ0n) is 9.79. The summed E-state index contributed by atoms with van der Waals surface area (Å²) in [5.74, 6) is -1.22. The van der Waals surface area contributed by atoms with Crippen LogP contribution in [0.25, 0.3) is 10.8 Å². The second kappa shape index (κ2) is 4.85. The number of carbonyl (C=O) groups is 1. The summed E-state index contributed by atoms with van der Waals surface area (Å²) < 4.78 is 42.4. The van der Waals surface area contributed by atoms with Crippen LogP contribution >= 0.6 is 0 Å². The van der Waals surface area contributed by atoms with Crippen LogP contribution in [0.5, 0.6) is 5.75 Å². The second-order valence-corrected chi connectivity index (χ2v) is 4.62. The van der Waals surface area contributed by atoms with Crippen LogP contribution in [0.2, 0.25) is 0 Å². The molecule has 0 spiro atoms. The van der Waals surface area contributed by atoms with Gasteiger partial charge >= 0.3 is 16.5 Å². The Labute approximate surface area is 109 Å². The van der Waals surface area contributed by atoms with Gasteiger partial charge in [-0.2, -0.15) is 8.42 Å². The maximum Gasteiger partial charge on any atom is 0.488 e. The van der Waals surface area contributed by atoms with E-state index in [1.807, 2.05) is 0 Å². The lowest BCUT2D eigenvalue weighted by Gasteiger charge is -2.08. The molecule has 0 heterocycles. The lowest BCUT2D eigenvalue weighted by atomic mass is 10.1. The summed E-state index contributed by atoms with van der Waals surface area (Å²) in [6.45, 7) is 0. The van der Waals surface area contributed by atoms with E-state index in [0.29, 0.717) is 10.8 Å². The molecule has 0 aliphatic carbocycles. The maximum atomic E-state index is 12.6. The average molecular weight is 284 g/mol. The first-order valence-electron chi connectivity index (χ1n) is 5.16. The molecule has 19 heavy (non-hydrogen) atoms. The monoisotopic (exact) mass is 284 g/mol. The fraction of sp³-hybridized carbons (Fsp3) is 0.0833. The second-order valence-electron chi connectivity index (χ2n) is 3.66. The van der Waals surface area contributed by atoms with Gasteiger partial charge < -0.3 is 8.92 Å². The highest BCUT2D eigenvalue weighted by atomic mass is 32.3. The molecule has 2 aromatic rings. The molecule has 0 bridgehead atoms. The molecule has 7 heteroatoms. The topological polar surface area (TPSA) is 69.7 Å². The Hall–Kier alpha value is -2.15. The van der Waals surface area contributed by atoms with E-state index < -0.39 is 22.2 Å². The van der Waals surface area contributed by atoms with E-state index in [0.717, 1.165) is 7.11 Å². The zero-order valence-corrected chi connectivity index (χ0v) is 10.6. The maximum absolute atomic E-state index is 12.6. The van der Waals surface area contributed by atoms with Crippen molar-refractivity contribution in [2.45, 2.75) is 0 Å².